The van der Waals surface area contributed by atoms with Gasteiger partial charge in [-0.25, -0.2) is 0 Å². The number of ketones is 1. The Labute approximate surface area is 162 Å². The van der Waals surface area contributed by atoms with Crippen molar-refractivity contribution in [2.45, 2.75) is 12.8 Å². The van der Waals surface area contributed by atoms with Gasteiger partial charge in [0.1, 0.15) is 0 Å². The number of hydrogen-bond acceptors (Lipinski definition) is 4. The average Bonchev–Trinajstić information content (AvgIpc) is 3.40. The van der Waals surface area contributed by atoms with Crippen molar-refractivity contribution in [3.8, 4) is 11.5 Å². The summed E-state index contributed by atoms with van der Waals surface area (Å²) < 4.78 is 10.7. The van der Waals surface area contributed by atoms with Gasteiger partial charge in [0.15, 0.2) is 17.3 Å². The number of hydrogen-bond donors (Lipinski definition) is 1. The maximum absolute atomic E-state index is 13.0. The minimum absolute atomic E-state index is 0.0281. The Morgan fingerprint density at radius 1 is 1.00 bits per heavy atom. The molecule has 142 valence electrons. The van der Waals surface area contributed by atoms with E-state index in [0.717, 1.165) is 23.7 Å². The third-order valence-corrected chi connectivity index (χ3v) is 5.54. The fourth-order valence-corrected chi connectivity index (χ4v) is 4.02. The molecule has 0 radical (unpaired) electrons. The predicted octanol–water partition coefficient (Wildman–Crippen LogP) is 3.63. The molecule has 28 heavy (non-hydrogen) atoms. The molecule has 1 N–H and O–H groups in total. The average molecular weight is 376 g/mol. The molecule has 2 aliphatic heterocycles. The van der Waals surface area contributed by atoms with Crippen LogP contribution in [0.25, 0.3) is 10.9 Å². The number of aromatic nitrogens is 1. The van der Waals surface area contributed by atoms with E-state index in [2.05, 4.69) is 4.98 Å². The Bertz CT molecular complexity index is 1070. The van der Waals surface area contributed by atoms with Gasteiger partial charge >= 0.3 is 0 Å². The number of fused-ring (bicyclic) bond motifs is 2. The molecule has 1 fully saturated rings. The molecule has 5 rings (SSSR count). The highest BCUT2D eigenvalue weighted by Gasteiger charge is 2.30. The van der Waals surface area contributed by atoms with Gasteiger partial charge in [-0.05, 0) is 54.6 Å². The molecule has 2 aliphatic rings. The van der Waals surface area contributed by atoms with Crippen LogP contribution in [0.1, 0.15) is 33.6 Å². The first-order valence-electron chi connectivity index (χ1n) is 9.49. The first-order chi connectivity index (χ1) is 13.7. The number of benzene rings is 2. The van der Waals surface area contributed by atoms with Crippen LogP contribution >= 0.6 is 0 Å². The molecule has 1 saturated heterocycles. The lowest BCUT2D eigenvalue weighted by atomic mass is 9.89. The maximum Gasteiger partial charge on any atom is 0.253 e. The van der Waals surface area contributed by atoms with Crippen molar-refractivity contribution in [1.29, 1.82) is 0 Å². The first kappa shape index (κ1) is 16.9. The van der Waals surface area contributed by atoms with Gasteiger partial charge in [0.05, 0.1) is 0 Å². The number of H-pyrrole nitrogens is 1. The van der Waals surface area contributed by atoms with E-state index < -0.39 is 0 Å². The number of likely N-dealkylation sites (tertiary alicyclic amines) is 1. The number of nitrogens with one attached hydrogen (secondary N) is 1. The summed E-state index contributed by atoms with van der Waals surface area (Å²) in [5, 5.41) is 1.08. The summed E-state index contributed by atoms with van der Waals surface area (Å²) in [7, 11) is 0. The van der Waals surface area contributed by atoms with E-state index in [4.69, 9.17) is 9.47 Å². The number of amides is 1. The lowest BCUT2D eigenvalue weighted by molar-refractivity contribution is 0.0637. The lowest BCUT2D eigenvalue weighted by Crippen LogP contribution is -2.42. The zero-order valence-electron chi connectivity index (χ0n) is 15.3. The number of piperidine rings is 1. The SMILES string of the molecule is O=C(c1ccc2c(c1)OCO2)[C@@H]1CCCN(C(=O)c2ccc3cc[nH]c3c2)C1. The van der Waals surface area contributed by atoms with Crippen molar-refractivity contribution in [2.24, 2.45) is 5.92 Å². The van der Waals surface area contributed by atoms with Gasteiger partial charge in [0, 0.05) is 41.8 Å². The van der Waals surface area contributed by atoms with Crippen molar-refractivity contribution >= 4 is 22.6 Å². The molecule has 0 unspecified atom stereocenters. The molecule has 3 aromatic rings. The molecule has 6 heteroatoms. The Balaban J connectivity index is 1.34. The quantitative estimate of drug-likeness (QED) is 0.709. The summed E-state index contributed by atoms with van der Waals surface area (Å²) in [5.74, 6) is 1.09. The molecule has 0 saturated carbocycles. The largest absolute Gasteiger partial charge is 0.454 e. The number of ether oxygens (including phenoxy) is 2. The minimum Gasteiger partial charge on any atom is -0.454 e. The highest BCUT2D eigenvalue weighted by atomic mass is 16.7. The first-order valence-corrected chi connectivity index (χ1v) is 9.49. The summed E-state index contributed by atoms with van der Waals surface area (Å²) >= 11 is 0. The minimum atomic E-state index is -0.202. The van der Waals surface area contributed by atoms with E-state index in [1.54, 1.807) is 23.1 Å². The summed E-state index contributed by atoms with van der Waals surface area (Å²) in [5.41, 5.74) is 2.19. The van der Waals surface area contributed by atoms with Crippen LogP contribution in [0, 0.1) is 5.92 Å². The molecule has 1 atom stereocenters. The highest BCUT2D eigenvalue weighted by molar-refractivity contribution is 6.00. The van der Waals surface area contributed by atoms with Crippen LogP contribution in [0.5, 0.6) is 11.5 Å². The van der Waals surface area contributed by atoms with Crippen LogP contribution in [0.4, 0.5) is 0 Å². The van der Waals surface area contributed by atoms with E-state index in [9.17, 15) is 9.59 Å². The van der Waals surface area contributed by atoms with Gasteiger partial charge in [0.25, 0.3) is 5.91 Å². The van der Waals surface area contributed by atoms with Crippen molar-refractivity contribution in [2.75, 3.05) is 19.9 Å². The molecule has 6 nitrogen and oxygen atoms in total. The second-order valence-corrected chi connectivity index (χ2v) is 7.30. The summed E-state index contributed by atoms with van der Waals surface area (Å²) in [6.45, 7) is 1.30. The van der Waals surface area contributed by atoms with Crippen LogP contribution in [0.3, 0.4) is 0 Å². The van der Waals surface area contributed by atoms with Gasteiger partial charge in [-0.1, -0.05) is 6.07 Å². The molecular formula is C22H20N2O4. The molecule has 1 amide bonds. The van der Waals surface area contributed by atoms with E-state index in [-0.39, 0.29) is 24.4 Å². The van der Waals surface area contributed by atoms with Gasteiger partial charge in [-0.15, -0.1) is 0 Å². The number of carbonyl (C=O) groups is 2. The van der Waals surface area contributed by atoms with Gasteiger partial charge in [0.2, 0.25) is 6.79 Å². The fraction of sp³-hybridized carbons (Fsp3) is 0.273. The number of aromatic amines is 1. The van der Waals surface area contributed by atoms with Crippen LogP contribution in [-0.2, 0) is 0 Å². The Morgan fingerprint density at radius 2 is 1.86 bits per heavy atom. The third-order valence-electron chi connectivity index (χ3n) is 5.54. The smallest absolute Gasteiger partial charge is 0.253 e. The lowest BCUT2D eigenvalue weighted by Gasteiger charge is -2.32. The monoisotopic (exact) mass is 376 g/mol. The summed E-state index contributed by atoms with van der Waals surface area (Å²) in [6.07, 6.45) is 3.46. The third kappa shape index (κ3) is 2.91. The zero-order chi connectivity index (χ0) is 19.1. The van der Waals surface area contributed by atoms with Crippen LogP contribution in [0.15, 0.2) is 48.7 Å². The fourth-order valence-electron chi connectivity index (χ4n) is 4.02. The molecule has 2 aromatic carbocycles. The van der Waals surface area contributed by atoms with E-state index in [1.165, 1.54) is 0 Å². The normalized spacial score (nSPS) is 18.4. The Morgan fingerprint density at radius 3 is 2.79 bits per heavy atom. The predicted molar refractivity (Wildman–Crippen MR) is 104 cm³/mol. The number of Topliss-reactive ketones (excluding diaryl/α,β-unsaturated/α-hetero) is 1. The number of carbonyl (C=O) groups excluding carboxylic acids is 2. The van der Waals surface area contributed by atoms with E-state index in [0.29, 0.717) is 35.7 Å². The van der Waals surface area contributed by atoms with Crippen LogP contribution in [-0.4, -0.2) is 41.5 Å². The maximum atomic E-state index is 13.0. The van der Waals surface area contributed by atoms with Crippen molar-refractivity contribution in [1.82, 2.24) is 9.88 Å². The van der Waals surface area contributed by atoms with Crippen molar-refractivity contribution < 1.29 is 19.1 Å². The molecule has 0 spiro atoms. The van der Waals surface area contributed by atoms with Gasteiger partial charge < -0.3 is 19.4 Å². The molecule has 1 aromatic heterocycles. The van der Waals surface area contributed by atoms with Crippen molar-refractivity contribution in [3.63, 3.8) is 0 Å². The zero-order valence-corrected chi connectivity index (χ0v) is 15.3. The summed E-state index contributed by atoms with van der Waals surface area (Å²) in [4.78, 5) is 30.9. The molecule has 0 aliphatic carbocycles. The van der Waals surface area contributed by atoms with Crippen LogP contribution in [0.2, 0.25) is 0 Å². The Hall–Kier alpha value is -3.28. The summed E-state index contributed by atoms with van der Waals surface area (Å²) in [6, 6.07) is 12.9. The number of rotatable bonds is 3. The number of nitrogens with zero attached hydrogens (tertiary/aromatic N) is 1. The topological polar surface area (TPSA) is 71.6 Å². The molecule has 0 bridgehead atoms. The van der Waals surface area contributed by atoms with Gasteiger partial charge in [-0.2, -0.15) is 0 Å². The Kier molecular flexibility index (Phi) is 4.04. The van der Waals surface area contributed by atoms with E-state index in [1.807, 2.05) is 30.5 Å². The van der Waals surface area contributed by atoms with E-state index >= 15 is 0 Å². The second-order valence-electron chi connectivity index (χ2n) is 7.30. The van der Waals surface area contributed by atoms with Gasteiger partial charge in [-0.3, -0.25) is 9.59 Å². The molecule has 3 heterocycles. The van der Waals surface area contributed by atoms with Crippen molar-refractivity contribution in [3.05, 3.63) is 59.8 Å². The molecular weight excluding hydrogens is 356 g/mol. The second kappa shape index (κ2) is 6.71. The standard InChI is InChI=1S/C22H20N2O4/c25-21(15-5-6-19-20(11-15)28-13-27-19)17-2-1-9-24(12-17)22(26)16-4-3-14-7-8-23-18(14)10-16/h3-8,10-11,17,23H,1-2,9,12-13H2/t17-/m1/s1. The van der Waals surface area contributed by atoms with Crippen LogP contribution < -0.4 is 9.47 Å². The highest BCUT2D eigenvalue weighted by Crippen LogP contribution is 2.34.